The zero-order valence-electron chi connectivity index (χ0n) is 15.4. The van der Waals surface area contributed by atoms with Crippen LogP contribution in [0, 0.1) is 11.8 Å². The maximum atomic E-state index is 12.8. The van der Waals surface area contributed by atoms with Crippen LogP contribution in [0.2, 0.25) is 0 Å². The van der Waals surface area contributed by atoms with Crippen LogP contribution in [0.5, 0.6) is 0 Å². The van der Waals surface area contributed by atoms with E-state index in [1.165, 1.54) is 61.3 Å². The van der Waals surface area contributed by atoms with Gasteiger partial charge in [-0.05, 0) is 67.7 Å². The molecule has 1 saturated carbocycles. The molecule has 3 fully saturated rings. The zero-order valence-corrected chi connectivity index (χ0v) is 15.4. The minimum absolute atomic E-state index is 0.451. The van der Waals surface area contributed by atoms with E-state index < -0.39 is 0 Å². The lowest BCUT2D eigenvalue weighted by Crippen LogP contribution is -2.47. The molecule has 0 spiro atoms. The second-order valence-corrected chi connectivity index (χ2v) is 8.75. The molecule has 0 N–H and O–H groups in total. The number of hydrogen-bond acceptors (Lipinski definition) is 2. The summed E-state index contributed by atoms with van der Waals surface area (Å²) in [6, 6.07) is 9.57. The monoisotopic (exact) mass is 348 g/mol. The topological polar surface area (TPSA) is 33.2 Å². The highest BCUT2D eigenvalue weighted by Crippen LogP contribution is 2.42. The molecule has 3 heterocycles. The van der Waals surface area contributed by atoms with Crippen LogP contribution in [0.25, 0.3) is 10.8 Å². The summed E-state index contributed by atoms with van der Waals surface area (Å²) < 4.78 is 0. The molecular weight excluding hydrogens is 320 g/mol. The Hall–Kier alpha value is -1.90. The number of piperidine rings is 1. The van der Waals surface area contributed by atoms with Gasteiger partial charge in [0.25, 0.3) is 0 Å². The van der Waals surface area contributed by atoms with Gasteiger partial charge in [-0.2, -0.15) is 0 Å². The Morgan fingerprint density at radius 3 is 2.50 bits per heavy atom. The maximum absolute atomic E-state index is 12.8. The third-order valence-corrected chi connectivity index (χ3v) is 7.07. The summed E-state index contributed by atoms with van der Waals surface area (Å²) in [5.74, 6) is 1.82. The van der Waals surface area contributed by atoms with E-state index >= 15 is 0 Å². The molecule has 2 atom stereocenters. The molecular formula is C23H28N2O. The third kappa shape index (κ3) is 2.91. The maximum Gasteiger partial charge on any atom is 0.223 e. The summed E-state index contributed by atoms with van der Waals surface area (Å²) in [5.41, 5.74) is 1.38. The molecule has 3 nitrogen and oxygen atoms in total. The summed E-state index contributed by atoms with van der Waals surface area (Å²) >= 11 is 0. The molecule has 1 aromatic carbocycles. The minimum Gasteiger partial charge on any atom is -0.337 e. The highest BCUT2D eigenvalue weighted by atomic mass is 16.2. The minimum atomic E-state index is 0.451. The Morgan fingerprint density at radius 1 is 1.00 bits per heavy atom. The van der Waals surface area contributed by atoms with Crippen molar-refractivity contribution in [3.63, 3.8) is 0 Å². The van der Waals surface area contributed by atoms with Crippen LogP contribution in [-0.2, 0) is 11.2 Å². The van der Waals surface area contributed by atoms with Gasteiger partial charge < -0.3 is 4.90 Å². The number of hydrogen-bond donors (Lipinski definition) is 0. The average molecular weight is 348 g/mol. The van der Waals surface area contributed by atoms with Crippen molar-refractivity contribution >= 4 is 16.7 Å². The molecule has 1 amide bonds. The van der Waals surface area contributed by atoms with E-state index in [2.05, 4.69) is 40.3 Å². The molecule has 0 radical (unpaired) electrons. The lowest BCUT2D eigenvalue weighted by atomic mass is 9.81. The molecule has 26 heavy (non-hydrogen) atoms. The normalized spacial score (nSPS) is 28.3. The molecule has 3 aliphatic rings. The molecule has 2 bridgehead atoms. The fourth-order valence-electron chi connectivity index (χ4n) is 5.57. The van der Waals surface area contributed by atoms with Crippen molar-refractivity contribution in [1.29, 1.82) is 0 Å². The van der Waals surface area contributed by atoms with Gasteiger partial charge in [0.05, 0.1) is 0 Å². The van der Waals surface area contributed by atoms with Crippen molar-refractivity contribution in [3.05, 3.63) is 42.2 Å². The van der Waals surface area contributed by atoms with Crippen molar-refractivity contribution in [2.75, 3.05) is 0 Å². The smallest absolute Gasteiger partial charge is 0.223 e. The Morgan fingerprint density at radius 2 is 1.77 bits per heavy atom. The Labute approximate surface area is 155 Å². The van der Waals surface area contributed by atoms with Crippen molar-refractivity contribution < 1.29 is 4.79 Å². The van der Waals surface area contributed by atoms with E-state index in [-0.39, 0.29) is 0 Å². The summed E-state index contributed by atoms with van der Waals surface area (Å²) in [7, 11) is 0. The third-order valence-electron chi connectivity index (χ3n) is 7.07. The van der Waals surface area contributed by atoms with Crippen molar-refractivity contribution in [2.24, 2.45) is 11.8 Å². The number of rotatable bonds is 4. The van der Waals surface area contributed by atoms with Gasteiger partial charge in [0.1, 0.15) is 0 Å². The van der Waals surface area contributed by atoms with E-state index in [1.807, 2.05) is 6.20 Å². The highest BCUT2D eigenvalue weighted by Gasteiger charge is 2.43. The van der Waals surface area contributed by atoms with Gasteiger partial charge in [-0.1, -0.05) is 30.7 Å². The second-order valence-electron chi connectivity index (χ2n) is 8.75. The lowest BCUT2D eigenvalue weighted by molar-refractivity contribution is -0.138. The lowest BCUT2D eigenvalue weighted by Gasteiger charge is -2.40. The summed E-state index contributed by atoms with van der Waals surface area (Å²) in [5, 5.41) is 2.58. The molecule has 2 unspecified atom stereocenters. The van der Waals surface area contributed by atoms with Crippen LogP contribution in [0.1, 0.15) is 56.9 Å². The molecule has 3 heteroatoms. The van der Waals surface area contributed by atoms with Crippen LogP contribution in [-0.4, -0.2) is 27.9 Å². The number of nitrogens with zero attached hydrogens (tertiary/aromatic N) is 2. The van der Waals surface area contributed by atoms with Gasteiger partial charge >= 0.3 is 0 Å². The first-order chi connectivity index (χ1) is 12.8. The summed E-state index contributed by atoms with van der Waals surface area (Å²) in [6.07, 6.45) is 14.6. The van der Waals surface area contributed by atoms with Crippen LogP contribution >= 0.6 is 0 Å². The van der Waals surface area contributed by atoms with Gasteiger partial charge in [0, 0.05) is 36.3 Å². The zero-order chi connectivity index (χ0) is 17.5. The number of amides is 1. The molecule has 1 aromatic heterocycles. The molecule has 2 saturated heterocycles. The number of pyridine rings is 1. The van der Waals surface area contributed by atoms with Crippen LogP contribution in [0.3, 0.4) is 0 Å². The van der Waals surface area contributed by atoms with Gasteiger partial charge in [-0.3, -0.25) is 9.78 Å². The van der Waals surface area contributed by atoms with E-state index in [0.717, 1.165) is 12.8 Å². The van der Waals surface area contributed by atoms with Crippen molar-refractivity contribution in [1.82, 2.24) is 9.88 Å². The second kappa shape index (κ2) is 6.68. The average Bonchev–Trinajstić information content (AvgIpc) is 2.89. The highest BCUT2D eigenvalue weighted by molar-refractivity contribution is 5.84. The largest absolute Gasteiger partial charge is 0.337 e. The first-order valence-corrected chi connectivity index (χ1v) is 10.4. The van der Waals surface area contributed by atoms with Crippen LogP contribution in [0.15, 0.2) is 36.7 Å². The molecule has 1 aliphatic carbocycles. The first-order valence-electron chi connectivity index (χ1n) is 10.4. The van der Waals surface area contributed by atoms with E-state index in [0.29, 0.717) is 29.8 Å². The number of aromatic nitrogens is 1. The Bertz CT molecular complexity index is 793. The van der Waals surface area contributed by atoms with Crippen molar-refractivity contribution in [2.45, 2.75) is 69.9 Å². The quantitative estimate of drug-likeness (QED) is 0.800. The van der Waals surface area contributed by atoms with Gasteiger partial charge in [-0.15, -0.1) is 0 Å². The first kappa shape index (κ1) is 16.3. The standard InChI is InChI=1S/C23H28N2O/c26-23(13-16-4-3-5-16)25-20-8-9-21(25)12-17(11-20)10-19-15-24-14-18-6-1-2-7-22(18)19/h1-2,6-7,14-17,20-21H,3-5,8-13H2. The summed E-state index contributed by atoms with van der Waals surface area (Å²) in [4.78, 5) is 19.6. The number of carbonyl (C=O) groups is 1. The van der Waals surface area contributed by atoms with E-state index in [1.54, 1.807) is 0 Å². The predicted octanol–water partition coefficient (Wildman–Crippen LogP) is 4.74. The fourth-order valence-corrected chi connectivity index (χ4v) is 5.57. The predicted molar refractivity (Wildman–Crippen MR) is 104 cm³/mol. The SMILES string of the molecule is O=C(CC1CCC1)N1C2CCC1CC(Cc1cncc3ccccc13)C2. The number of carbonyl (C=O) groups excluding carboxylic acids is 1. The fraction of sp³-hybridized carbons (Fsp3) is 0.565. The molecule has 2 aromatic rings. The van der Waals surface area contributed by atoms with Crippen LogP contribution < -0.4 is 0 Å². The van der Waals surface area contributed by atoms with E-state index in [4.69, 9.17) is 0 Å². The van der Waals surface area contributed by atoms with Gasteiger partial charge in [0.2, 0.25) is 5.91 Å². The number of benzene rings is 1. The summed E-state index contributed by atoms with van der Waals surface area (Å²) in [6.45, 7) is 0. The molecule has 2 aliphatic heterocycles. The van der Waals surface area contributed by atoms with Gasteiger partial charge in [0.15, 0.2) is 0 Å². The molecule has 136 valence electrons. The van der Waals surface area contributed by atoms with Gasteiger partial charge in [-0.25, -0.2) is 0 Å². The van der Waals surface area contributed by atoms with Crippen LogP contribution in [0.4, 0.5) is 0 Å². The van der Waals surface area contributed by atoms with E-state index in [9.17, 15) is 4.79 Å². The molecule has 5 rings (SSSR count). The Balaban J connectivity index is 1.29. The van der Waals surface area contributed by atoms with Crippen molar-refractivity contribution in [3.8, 4) is 0 Å². The Kier molecular flexibility index (Phi) is 4.18. The number of fused-ring (bicyclic) bond motifs is 3.